The van der Waals surface area contributed by atoms with Crippen LogP contribution in [0.3, 0.4) is 0 Å². The zero-order valence-electron chi connectivity index (χ0n) is 16.5. The van der Waals surface area contributed by atoms with Gasteiger partial charge in [0, 0.05) is 13.0 Å². The van der Waals surface area contributed by atoms with E-state index in [2.05, 4.69) is 13.0 Å². The highest BCUT2D eigenvalue weighted by molar-refractivity contribution is 5.75. The molecule has 6 nitrogen and oxygen atoms in total. The number of fused-ring (bicyclic) bond motifs is 2. The maximum atomic E-state index is 12.4. The van der Waals surface area contributed by atoms with Crippen molar-refractivity contribution in [3.63, 3.8) is 0 Å². The fraction of sp³-hybridized carbons (Fsp3) is 0.762. The summed E-state index contributed by atoms with van der Waals surface area (Å²) in [6.45, 7) is 4.21. The third-order valence-corrected chi connectivity index (χ3v) is 6.34. The minimum absolute atomic E-state index is 0.0346. The topological polar surface area (TPSA) is 88.5 Å². The van der Waals surface area contributed by atoms with Gasteiger partial charge in [-0.3, -0.25) is 4.79 Å². The molecule has 6 heteroatoms. The molecule has 1 aliphatic carbocycles. The minimum Gasteiger partial charge on any atom is -0.459 e. The van der Waals surface area contributed by atoms with Crippen LogP contribution in [0.4, 0.5) is 0 Å². The molecule has 0 aromatic rings. The number of carbonyl (C=O) groups excluding carboxylic acids is 1. The Morgan fingerprint density at radius 3 is 2.78 bits per heavy atom. The van der Waals surface area contributed by atoms with E-state index in [4.69, 9.17) is 14.2 Å². The molecule has 3 rings (SSSR count). The van der Waals surface area contributed by atoms with Crippen molar-refractivity contribution in [2.45, 2.75) is 69.9 Å². The molecular formula is C21H32O6. The number of epoxide rings is 1. The van der Waals surface area contributed by atoms with Gasteiger partial charge in [0.2, 0.25) is 0 Å². The van der Waals surface area contributed by atoms with Gasteiger partial charge >= 0.3 is 5.97 Å². The summed E-state index contributed by atoms with van der Waals surface area (Å²) in [6, 6.07) is 0. The van der Waals surface area contributed by atoms with Crippen LogP contribution in [-0.2, 0) is 19.0 Å². The highest BCUT2D eigenvalue weighted by Gasteiger charge is 2.59. The third kappa shape index (κ3) is 4.29. The van der Waals surface area contributed by atoms with Crippen molar-refractivity contribution in [1.82, 2.24) is 0 Å². The molecule has 0 saturated carbocycles. The fourth-order valence-electron chi connectivity index (χ4n) is 4.45. The average molecular weight is 380 g/mol. The van der Waals surface area contributed by atoms with E-state index in [-0.39, 0.29) is 31.2 Å². The second-order valence-corrected chi connectivity index (χ2v) is 8.21. The summed E-state index contributed by atoms with van der Waals surface area (Å²) in [5, 5.41) is 20.7. The molecule has 2 fully saturated rings. The molecule has 2 heterocycles. The lowest BCUT2D eigenvalue weighted by molar-refractivity contribution is -0.148. The van der Waals surface area contributed by atoms with Crippen molar-refractivity contribution in [2.75, 3.05) is 20.3 Å². The minimum atomic E-state index is -0.838. The number of hydrogen-bond donors (Lipinski definition) is 2. The van der Waals surface area contributed by atoms with Crippen LogP contribution in [0, 0.1) is 11.8 Å². The first-order valence-corrected chi connectivity index (χ1v) is 9.90. The summed E-state index contributed by atoms with van der Waals surface area (Å²) < 4.78 is 16.7. The number of rotatable bonds is 3. The van der Waals surface area contributed by atoms with Crippen LogP contribution in [0.2, 0.25) is 0 Å². The van der Waals surface area contributed by atoms with Crippen LogP contribution in [-0.4, -0.2) is 60.4 Å². The first-order chi connectivity index (χ1) is 12.9. The summed E-state index contributed by atoms with van der Waals surface area (Å²) in [5.74, 6) is -0.941. The molecule has 0 aromatic carbocycles. The van der Waals surface area contributed by atoms with Gasteiger partial charge < -0.3 is 24.4 Å². The first kappa shape index (κ1) is 20.5. The zero-order chi connectivity index (χ0) is 19.6. The second kappa shape index (κ2) is 8.43. The molecule has 2 saturated heterocycles. The number of carbonyl (C=O) groups is 1. The molecule has 0 unspecified atom stereocenters. The monoisotopic (exact) mass is 380 g/mol. The molecule has 0 bridgehead atoms. The molecule has 0 radical (unpaired) electrons. The highest BCUT2D eigenvalue weighted by Crippen LogP contribution is 2.48. The average Bonchev–Trinajstić information content (AvgIpc) is 3.24. The number of aliphatic hydroxyl groups is 2. The van der Waals surface area contributed by atoms with Gasteiger partial charge in [-0.25, -0.2) is 0 Å². The van der Waals surface area contributed by atoms with Gasteiger partial charge in [-0.2, -0.15) is 0 Å². The summed E-state index contributed by atoms with van der Waals surface area (Å²) in [5.41, 5.74) is 1.58. The van der Waals surface area contributed by atoms with E-state index < -0.39 is 23.7 Å². The Bertz CT molecular complexity index is 612. The van der Waals surface area contributed by atoms with Crippen LogP contribution in [0.1, 0.15) is 46.0 Å². The van der Waals surface area contributed by atoms with Gasteiger partial charge in [-0.05, 0) is 51.5 Å². The van der Waals surface area contributed by atoms with Crippen LogP contribution in [0.25, 0.3) is 0 Å². The maximum absolute atomic E-state index is 12.4. The summed E-state index contributed by atoms with van der Waals surface area (Å²) >= 11 is 0. The molecule has 2 aliphatic heterocycles. The molecule has 3 aliphatic rings. The Morgan fingerprint density at radius 1 is 1.30 bits per heavy atom. The smallest absolute Gasteiger partial charge is 0.312 e. The molecule has 0 spiro atoms. The normalized spacial score (nSPS) is 44.0. The van der Waals surface area contributed by atoms with Crippen molar-refractivity contribution in [1.29, 1.82) is 0 Å². The zero-order valence-corrected chi connectivity index (χ0v) is 16.5. The van der Waals surface area contributed by atoms with Gasteiger partial charge in [0.15, 0.2) is 0 Å². The van der Waals surface area contributed by atoms with Gasteiger partial charge in [-0.15, -0.1) is 0 Å². The van der Waals surface area contributed by atoms with Gasteiger partial charge in [0.05, 0.1) is 25.2 Å². The highest BCUT2D eigenvalue weighted by atomic mass is 16.6. The predicted octanol–water partition coefficient (Wildman–Crippen LogP) is 2.14. The van der Waals surface area contributed by atoms with Crippen molar-refractivity contribution < 1.29 is 29.2 Å². The van der Waals surface area contributed by atoms with E-state index in [1.54, 1.807) is 7.11 Å². The molecule has 152 valence electrons. The molecule has 2 N–H and O–H groups in total. The lowest BCUT2D eigenvalue weighted by atomic mass is 9.80. The van der Waals surface area contributed by atoms with Gasteiger partial charge in [0.1, 0.15) is 17.8 Å². The van der Waals surface area contributed by atoms with Crippen LogP contribution in [0.15, 0.2) is 23.3 Å². The number of ether oxygens (including phenoxy) is 3. The standard InChI is InChI=1S/C21H32O6/c1-13-6-4-8-14(2)18(23)19-15(16(11-25-3)20(24)26-19)10-17-21(12-22,27-17)9-5-7-13/h7-8,15-19,22-23H,4-6,9-12H2,1-3H3/b13-7+,14-8+/t15-,16+,17-,18-,19-,21+/m0/s1. The Kier molecular flexibility index (Phi) is 6.41. The summed E-state index contributed by atoms with van der Waals surface area (Å²) in [6.07, 6.45) is 6.61. The van der Waals surface area contributed by atoms with Crippen molar-refractivity contribution in [3.8, 4) is 0 Å². The van der Waals surface area contributed by atoms with E-state index >= 15 is 0 Å². The predicted molar refractivity (Wildman–Crippen MR) is 100 cm³/mol. The summed E-state index contributed by atoms with van der Waals surface area (Å²) in [7, 11) is 1.56. The molecule has 0 aromatic heterocycles. The Balaban J connectivity index is 1.87. The largest absolute Gasteiger partial charge is 0.459 e. The number of allylic oxidation sites excluding steroid dienone is 3. The molecular weight excluding hydrogens is 348 g/mol. The lowest BCUT2D eigenvalue weighted by Crippen LogP contribution is -2.36. The SMILES string of the molecule is COC[C@H]1C(=O)O[C@H]2[C@H]1C[C@@H]1O[C@@]1(CO)CC/C=C(\C)CC/C=C(\C)[C@@H]2O. The van der Waals surface area contributed by atoms with Crippen LogP contribution >= 0.6 is 0 Å². The summed E-state index contributed by atoms with van der Waals surface area (Å²) in [4.78, 5) is 12.4. The maximum Gasteiger partial charge on any atom is 0.312 e. The van der Waals surface area contributed by atoms with E-state index in [0.29, 0.717) is 6.42 Å². The molecule has 0 amide bonds. The van der Waals surface area contributed by atoms with Crippen LogP contribution in [0.5, 0.6) is 0 Å². The van der Waals surface area contributed by atoms with Crippen molar-refractivity contribution in [2.24, 2.45) is 11.8 Å². The first-order valence-electron chi connectivity index (χ1n) is 9.90. The van der Waals surface area contributed by atoms with E-state index in [9.17, 15) is 15.0 Å². The van der Waals surface area contributed by atoms with E-state index in [1.807, 2.05) is 13.0 Å². The number of esters is 1. The van der Waals surface area contributed by atoms with Gasteiger partial charge in [-0.1, -0.05) is 17.7 Å². The fourth-order valence-corrected chi connectivity index (χ4v) is 4.45. The second-order valence-electron chi connectivity index (χ2n) is 8.21. The molecule has 27 heavy (non-hydrogen) atoms. The Morgan fingerprint density at radius 2 is 2.07 bits per heavy atom. The van der Waals surface area contributed by atoms with Gasteiger partial charge in [0.25, 0.3) is 0 Å². The van der Waals surface area contributed by atoms with Crippen LogP contribution < -0.4 is 0 Å². The lowest BCUT2D eigenvalue weighted by Gasteiger charge is -2.25. The number of aliphatic hydroxyl groups excluding tert-OH is 2. The Hall–Kier alpha value is -1.21. The Labute approximate surface area is 161 Å². The molecule has 6 atom stereocenters. The number of methoxy groups -OCH3 is 1. The third-order valence-electron chi connectivity index (χ3n) is 6.34. The number of hydrogen-bond acceptors (Lipinski definition) is 6. The van der Waals surface area contributed by atoms with Crippen molar-refractivity contribution in [3.05, 3.63) is 23.3 Å². The van der Waals surface area contributed by atoms with Crippen molar-refractivity contribution >= 4 is 5.97 Å². The van der Waals surface area contributed by atoms with E-state index in [1.165, 1.54) is 5.57 Å². The van der Waals surface area contributed by atoms with E-state index in [0.717, 1.165) is 31.3 Å². The quantitative estimate of drug-likeness (QED) is 0.443.